The summed E-state index contributed by atoms with van der Waals surface area (Å²) in [6, 6.07) is 12.7. The third kappa shape index (κ3) is 5.16. The first kappa shape index (κ1) is 19.7. The van der Waals surface area contributed by atoms with Crippen molar-refractivity contribution in [2.45, 2.75) is 13.8 Å². The summed E-state index contributed by atoms with van der Waals surface area (Å²) in [5.74, 6) is -1.04. The van der Waals surface area contributed by atoms with Crippen LogP contribution in [0.25, 0.3) is 0 Å². The third-order valence-corrected chi connectivity index (χ3v) is 4.47. The molecule has 0 heterocycles. The van der Waals surface area contributed by atoms with Crippen LogP contribution in [0.4, 0.5) is 5.69 Å². The minimum absolute atomic E-state index is 0.412. The van der Waals surface area contributed by atoms with Crippen LogP contribution in [0.2, 0.25) is 0 Å². The molecular formula is C19H20BrN3O3. The predicted octanol–water partition coefficient (Wildman–Crippen LogP) is 3.49. The molecule has 2 N–H and O–H groups in total. The van der Waals surface area contributed by atoms with Crippen LogP contribution in [-0.4, -0.2) is 25.1 Å². The molecule has 0 fully saturated rings. The summed E-state index contributed by atoms with van der Waals surface area (Å²) in [5.41, 5.74) is 4.80. The number of hydrazone groups is 1. The number of nitrogens with zero attached hydrogens (tertiary/aromatic N) is 1. The number of para-hydroxylation sites is 1. The summed E-state index contributed by atoms with van der Waals surface area (Å²) in [4.78, 5) is 24.3. The van der Waals surface area contributed by atoms with Gasteiger partial charge in [-0.2, -0.15) is 5.10 Å². The number of ether oxygens (including phenoxy) is 1. The molecule has 0 saturated carbocycles. The van der Waals surface area contributed by atoms with Gasteiger partial charge in [-0.05, 0) is 71.2 Å². The first-order valence-corrected chi connectivity index (χ1v) is 8.74. The molecule has 2 aromatic carbocycles. The molecule has 1 atom stereocenters. The lowest BCUT2D eigenvalue weighted by Crippen LogP contribution is -2.34. The number of amides is 2. The number of methoxy groups -OCH3 is 1. The minimum Gasteiger partial charge on any atom is -0.497 e. The molecule has 6 nitrogen and oxygen atoms in total. The van der Waals surface area contributed by atoms with Gasteiger partial charge in [0.05, 0.1) is 19.0 Å². The number of anilines is 1. The van der Waals surface area contributed by atoms with E-state index < -0.39 is 17.7 Å². The van der Waals surface area contributed by atoms with Crippen LogP contribution < -0.4 is 15.5 Å². The fourth-order valence-electron chi connectivity index (χ4n) is 2.10. The van der Waals surface area contributed by atoms with E-state index in [9.17, 15) is 9.59 Å². The Morgan fingerprint density at radius 3 is 2.58 bits per heavy atom. The molecule has 0 aromatic heterocycles. The Balaban J connectivity index is 1.94. The number of rotatable bonds is 6. The van der Waals surface area contributed by atoms with Gasteiger partial charge in [-0.25, -0.2) is 5.43 Å². The van der Waals surface area contributed by atoms with Crippen LogP contribution in [0.15, 0.2) is 52.0 Å². The summed E-state index contributed by atoms with van der Waals surface area (Å²) in [5, 5.41) is 6.64. The van der Waals surface area contributed by atoms with E-state index >= 15 is 0 Å². The Kier molecular flexibility index (Phi) is 6.91. The second-order valence-corrected chi connectivity index (χ2v) is 6.50. The molecule has 1 unspecified atom stereocenters. The number of aryl methyl sites for hydroxylation is 1. The van der Waals surface area contributed by atoms with Gasteiger partial charge in [-0.3, -0.25) is 9.59 Å². The molecule has 0 saturated heterocycles. The zero-order valence-corrected chi connectivity index (χ0v) is 16.3. The Morgan fingerprint density at radius 2 is 1.92 bits per heavy atom. The van der Waals surface area contributed by atoms with E-state index in [1.165, 1.54) is 13.1 Å². The maximum absolute atomic E-state index is 12.2. The monoisotopic (exact) mass is 417 g/mol. The molecule has 2 rings (SSSR count). The van der Waals surface area contributed by atoms with Crippen molar-refractivity contribution in [2.24, 2.45) is 11.0 Å². The fraction of sp³-hybridized carbons (Fsp3) is 0.211. The van der Waals surface area contributed by atoms with Crippen molar-refractivity contribution in [1.82, 2.24) is 5.43 Å². The van der Waals surface area contributed by atoms with Crippen molar-refractivity contribution >= 4 is 39.6 Å². The Bertz CT molecular complexity index is 837. The lowest BCUT2D eigenvalue weighted by atomic mass is 10.1. The summed E-state index contributed by atoms with van der Waals surface area (Å²) < 4.78 is 5.89. The largest absolute Gasteiger partial charge is 0.497 e. The number of hydrogen-bond acceptors (Lipinski definition) is 4. The number of benzene rings is 2. The molecular weight excluding hydrogens is 398 g/mol. The maximum atomic E-state index is 12.2. The summed E-state index contributed by atoms with van der Waals surface area (Å²) in [6.45, 7) is 3.44. The molecule has 7 heteroatoms. The highest BCUT2D eigenvalue weighted by Gasteiger charge is 2.21. The van der Waals surface area contributed by atoms with Gasteiger partial charge in [0.1, 0.15) is 11.7 Å². The standard InChI is InChI=1S/C19H20BrN3O3/c1-12-10-15(26-3)9-8-14(12)11-21-23-19(25)13(2)18(24)22-17-7-5-4-6-16(17)20/h4-11,13H,1-3H3,(H,22,24)(H,23,25). The average Bonchev–Trinajstić information content (AvgIpc) is 2.64. The molecule has 136 valence electrons. The van der Waals surface area contributed by atoms with Gasteiger partial charge in [0, 0.05) is 4.47 Å². The van der Waals surface area contributed by atoms with Gasteiger partial charge >= 0.3 is 0 Å². The first-order chi connectivity index (χ1) is 12.4. The van der Waals surface area contributed by atoms with Crippen molar-refractivity contribution in [3.63, 3.8) is 0 Å². The Labute approximate surface area is 160 Å². The molecule has 0 spiro atoms. The maximum Gasteiger partial charge on any atom is 0.252 e. The molecule has 0 aliphatic heterocycles. The van der Waals surface area contributed by atoms with Gasteiger partial charge in [0.15, 0.2) is 0 Å². The molecule has 2 aromatic rings. The molecule has 0 radical (unpaired) electrons. The highest BCUT2D eigenvalue weighted by Crippen LogP contribution is 2.21. The van der Waals surface area contributed by atoms with Gasteiger partial charge < -0.3 is 10.1 Å². The highest BCUT2D eigenvalue weighted by molar-refractivity contribution is 9.10. The highest BCUT2D eigenvalue weighted by atomic mass is 79.9. The number of carbonyl (C=O) groups is 2. The number of hydrogen-bond donors (Lipinski definition) is 2. The molecule has 0 bridgehead atoms. The van der Waals surface area contributed by atoms with Crippen molar-refractivity contribution in [3.05, 3.63) is 58.1 Å². The van der Waals surface area contributed by atoms with E-state index in [0.29, 0.717) is 5.69 Å². The van der Waals surface area contributed by atoms with Crippen LogP contribution in [0.3, 0.4) is 0 Å². The topological polar surface area (TPSA) is 79.8 Å². The van der Waals surface area contributed by atoms with Crippen molar-refractivity contribution in [3.8, 4) is 5.75 Å². The first-order valence-electron chi connectivity index (χ1n) is 7.95. The second-order valence-electron chi connectivity index (χ2n) is 5.65. The van der Waals surface area contributed by atoms with E-state index in [0.717, 1.165) is 21.3 Å². The van der Waals surface area contributed by atoms with Crippen LogP contribution >= 0.6 is 15.9 Å². The predicted molar refractivity (Wildman–Crippen MR) is 105 cm³/mol. The SMILES string of the molecule is COc1ccc(C=NNC(=O)C(C)C(=O)Nc2ccccc2Br)c(C)c1. The lowest BCUT2D eigenvalue weighted by Gasteiger charge is -2.11. The minimum atomic E-state index is -0.892. The average molecular weight is 418 g/mol. The molecule has 2 amide bonds. The summed E-state index contributed by atoms with van der Waals surface area (Å²) in [6.07, 6.45) is 1.53. The van der Waals surface area contributed by atoms with Crippen LogP contribution in [0.5, 0.6) is 5.75 Å². The Morgan fingerprint density at radius 1 is 1.19 bits per heavy atom. The van der Waals surface area contributed by atoms with Crippen LogP contribution in [0, 0.1) is 12.8 Å². The number of halogens is 1. The normalized spacial score (nSPS) is 11.8. The van der Waals surface area contributed by atoms with E-state index in [1.54, 1.807) is 19.2 Å². The zero-order chi connectivity index (χ0) is 19.1. The van der Waals surface area contributed by atoms with E-state index in [2.05, 4.69) is 31.8 Å². The Hall–Kier alpha value is -2.67. The smallest absolute Gasteiger partial charge is 0.252 e. The van der Waals surface area contributed by atoms with E-state index in [1.807, 2.05) is 37.3 Å². The van der Waals surface area contributed by atoms with E-state index in [-0.39, 0.29) is 0 Å². The lowest BCUT2D eigenvalue weighted by molar-refractivity contribution is -0.131. The van der Waals surface area contributed by atoms with Gasteiger partial charge in [-0.1, -0.05) is 12.1 Å². The number of nitrogens with one attached hydrogen (secondary N) is 2. The van der Waals surface area contributed by atoms with Gasteiger partial charge in [0.2, 0.25) is 5.91 Å². The summed E-state index contributed by atoms with van der Waals surface area (Å²) in [7, 11) is 1.60. The van der Waals surface area contributed by atoms with Crippen LogP contribution in [-0.2, 0) is 9.59 Å². The molecule has 0 aliphatic rings. The number of carbonyl (C=O) groups excluding carboxylic acids is 2. The molecule has 26 heavy (non-hydrogen) atoms. The van der Waals surface area contributed by atoms with Crippen molar-refractivity contribution in [1.29, 1.82) is 0 Å². The molecule has 0 aliphatic carbocycles. The fourth-order valence-corrected chi connectivity index (χ4v) is 2.49. The quantitative estimate of drug-likeness (QED) is 0.428. The van der Waals surface area contributed by atoms with Gasteiger partial charge in [0.25, 0.3) is 5.91 Å². The second kappa shape index (κ2) is 9.15. The zero-order valence-electron chi connectivity index (χ0n) is 14.7. The van der Waals surface area contributed by atoms with Gasteiger partial charge in [-0.15, -0.1) is 0 Å². The van der Waals surface area contributed by atoms with Crippen molar-refractivity contribution in [2.75, 3.05) is 12.4 Å². The summed E-state index contributed by atoms with van der Waals surface area (Å²) >= 11 is 3.35. The van der Waals surface area contributed by atoms with Crippen LogP contribution in [0.1, 0.15) is 18.1 Å². The third-order valence-electron chi connectivity index (χ3n) is 3.77. The van der Waals surface area contributed by atoms with E-state index in [4.69, 9.17) is 4.74 Å². The van der Waals surface area contributed by atoms with Crippen molar-refractivity contribution < 1.29 is 14.3 Å².